The predicted octanol–water partition coefficient (Wildman–Crippen LogP) is 3.49. The molecule has 1 rings (SSSR count). The molecule has 0 saturated heterocycles. The van der Waals surface area contributed by atoms with Gasteiger partial charge in [0, 0.05) is 12.5 Å². The van der Waals surface area contributed by atoms with E-state index in [2.05, 4.69) is 0 Å². The Kier molecular flexibility index (Phi) is 5.47. The van der Waals surface area contributed by atoms with Crippen molar-refractivity contribution in [3.05, 3.63) is 29.8 Å². The van der Waals surface area contributed by atoms with Crippen LogP contribution >= 0.6 is 0 Å². The molecule has 18 heavy (non-hydrogen) atoms. The molecule has 5 heteroatoms. The standard InChI is InChI=1S/C13H17F3O2/c1-2-3-10(8-17)9-18-12-6-4-11(5-7-12)13(14,15)16/h4-7,10,17H,2-3,8-9H2,1H3. The van der Waals surface area contributed by atoms with Crippen molar-refractivity contribution in [2.45, 2.75) is 25.9 Å². The lowest BCUT2D eigenvalue weighted by molar-refractivity contribution is -0.137. The van der Waals surface area contributed by atoms with Crippen LogP contribution in [0.1, 0.15) is 25.3 Å². The van der Waals surface area contributed by atoms with Gasteiger partial charge in [0.2, 0.25) is 0 Å². The maximum atomic E-state index is 12.3. The summed E-state index contributed by atoms with van der Waals surface area (Å²) in [5, 5.41) is 9.06. The Bertz CT molecular complexity index is 346. The minimum Gasteiger partial charge on any atom is -0.493 e. The van der Waals surface area contributed by atoms with Crippen molar-refractivity contribution in [1.82, 2.24) is 0 Å². The first-order valence-electron chi connectivity index (χ1n) is 5.88. The normalized spacial score (nSPS) is 13.4. The van der Waals surface area contributed by atoms with Crippen molar-refractivity contribution < 1.29 is 23.0 Å². The van der Waals surface area contributed by atoms with Crippen LogP contribution in [-0.2, 0) is 6.18 Å². The fourth-order valence-electron chi connectivity index (χ4n) is 1.59. The minimum absolute atomic E-state index is 0.0223. The molecular weight excluding hydrogens is 245 g/mol. The summed E-state index contributed by atoms with van der Waals surface area (Å²) in [4.78, 5) is 0. The second kappa shape index (κ2) is 6.64. The van der Waals surface area contributed by atoms with E-state index in [0.717, 1.165) is 25.0 Å². The summed E-state index contributed by atoms with van der Waals surface area (Å²) >= 11 is 0. The number of halogens is 3. The average molecular weight is 262 g/mol. The molecule has 0 aromatic heterocycles. The predicted molar refractivity (Wildman–Crippen MR) is 62.4 cm³/mol. The van der Waals surface area contributed by atoms with Crippen molar-refractivity contribution in [2.24, 2.45) is 5.92 Å². The lowest BCUT2D eigenvalue weighted by atomic mass is 10.1. The van der Waals surface area contributed by atoms with Crippen LogP contribution in [-0.4, -0.2) is 18.3 Å². The van der Waals surface area contributed by atoms with E-state index in [1.807, 2.05) is 6.92 Å². The van der Waals surface area contributed by atoms with E-state index in [0.29, 0.717) is 12.4 Å². The van der Waals surface area contributed by atoms with Crippen molar-refractivity contribution in [3.8, 4) is 5.75 Å². The fraction of sp³-hybridized carbons (Fsp3) is 0.538. The number of hydrogen-bond acceptors (Lipinski definition) is 2. The summed E-state index contributed by atoms with van der Waals surface area (Å²) in [6.45, 7) is 2.34. The summed E-state index contributed by atoms with van der Waals surface area (Å²) in [6.07, 6.45) is -2.56. The Labute approximate surface area is 104 Å². The number of rotatable bonds is 6. The first kappa shape index (κ1) is 14.8. The van der Waals surface area contributed by atoms with Gasteiger partial charge in [-0.1, -0.05) is 13.3 Å². The third-order valence-electron chi connectivity index (χ3n) is 2.62. The highest BCUT2D eigenvalue weighted by Gasteiger charge is 2.30. The maximum Gasteiger partial charge on any atom is 0.416 e. The lowest BCUT2D eigenvalue weighted by Crippen LogP contribution is -2.15. The SMILES string of the molecule is CCCC(CO)COc1ccc(C(F)(F)F)cc1. The molecule has 0 spiro atoms. The Balaban J connectivity index is 2.53. The molecule has 0 heterocycles. The smallest absolute Gasteiger partial charge is 0.416 e. The van der Waals surface area contributed by atoms with Crippen LogP contribution in [0.5, 0.6) is 5.75 Å². The van der Waals surface area contributed by atoms with Gasteiger partial charge in [-0.25, -0.2) is 0 Å². The van der Waals surface area contributed by atoms with Gasteiger partial charge in [-0.15, -0.1) is 0 Å². The Morgan fingerprint density at radius 2 is 1.83 bits per heavy atom. The second-order valence-electron chi connectivity index (χ2n) is 4.17. The Morgan fingerprint density at radius 1 is 1.22 bits per heavy atom. The van der Waals surface area contributed by atoms with Crippen LogP contribution in [0, 0.1) is 5.92 Å². The first-order chi connectivity index (χ1) is 8.47. The molecule has 0 aliphatic carbocycles. The van der Waals surface area contributed by atoms with E-state index in [1.54, 1.807) is 0 Å². The topological polar surface area (TPSA) is 29.5 Å². The van der Waals surface area contributed by atoms with E-state index in [9.17, 15) is 13.2 Å². The number of ether oxygens (including phenoxy) is 1. The Morgan fingerprint density at radius 3 is 2.28 bits per heavy atom. The van der Waals surface area contributed by atoms with Crippen LogP contribution in [0.3, 0.4) is 0 Å². The van der Waals surface area contributed by atoms with Gasteiger partial charge in [0.1, 0.15) is 5.75 Å². The Hall–Kier alpha value is -1.23. The molecule has 1 N–H and O–H groups in total. The summed E-state index contributed by atoms with van der Waals surface area (Å²) in [5.74, 6) is 0.412. The van der Waals surface area contributed by atoms with Gasteiger partial charge in [-0.05, 0) is 30.7 Å². The van der Waals surface area contributed by atoms with Crippen molar-refractivity contribution >= 4 is 0 Å². The van der Waals surface area contributed by atoms with E-state index in [4.69, 9.17) is 9.84 Å². The number of aliphatic hydroxyl groups is 1. The van der Waals surface area contributed by atoms with Crippen LogP contribution in [0.2, 0.25) is 0 Å². The van der Waals surface area contributed by atoms with Gasteiger partial charge in [0.25, 0.3) is 0 Å². The quantitative estimate of drug-likeness (QED) is 0.850. The van der Waals surface area contributed by atoms with Crippen LogP contribution in [0.4, 0.5) is 13.2 Å². The number of benzene rings is 1. The van der Waals surface area contributed by atoms with Gasteiger partial charge in [0.15, 0.2) is 0 Å². The lowest BCUT2D eigenvalue weighted by Gasteiger charge is -2.14. The number of aliphatic hydroxyl groups excluding tert-OH is 1. The number of alkyl halides is 3. The third-order valence-corrected chi connectivity index (χ3v) is 2.62. The molecule has 0 amide bonds. The van der Waals surface area contributed by atoms with E-state index in [1.165, 1.54) is 12.1 Å². The monoisotopic (exact) mass is 262 g/mol. The van der Waals surface area contributed by atoms with Crippen LogP contribution in [0.25, 0.3) is 0 Å². The molecule has 0 fully saturated rings. The van der Waals surface area contributed by atoms with Gasteiger partial charge in [-0.3, -0.25) is 0 Å². The molecule has 0 radical (unpaired) electrons. The van der Waals surface area contributed by atoms with Gasteiger partial charge < -0.3 is 9.84 Å². The molecule has 1 aromatic rings. The van der Waals surface area contributed by atoms with Crippen LogP contribution in [0.15, 0.2) is 24.3 Å². The minimum atomic E-state index is -4.33. The first-order valence-corrected chi connectivity index (χ1v) is 5.88. The highest BCUT2D eigenvalue weighted by molar-refractivity contribution is 5.28. The molecule has 102 valence electrons. The summed E-state index contributed by atoms with van der Waals surface area (Å²) in [5.41, 5.74) is -0.692. The molecule has 0 bridgehead atoms. The van der Waals surface area contributed by atoms with Gasteiger partial charge in [-0.2, -0.15) is 13.2 Å². The highest BCUT2D eigenvalue weighted by atomic mass is 19.4. The van der Waals surface area contributed by atoms with E-state index < -0.39 is 11.7 Å². The third kappa shape index (κ3) is 4.56. The van der Waals surface area contributed by atoms with Crippen LogP contribution < -0.4 is 4.74 Å². The molecule has 0 saturated carbocycles. The average Bonchev–Trinajstić information content (AvgIpc) is 2.34. The summed E-state index contributed by atoms with van der Waals surface area (Å²) in [7, 11) is 0. The molecule has 1 atom stereocenters. The zero-order chi connectivity index (χ0) is 13.6. The van der Waals surface area contributed by atoms with Crippen molar-refractivity contribution in [2.75, 3.05) is 13.2 Å². The maximum absolute atomic E-state index is 12.3. The zero-order valence-corrected chi connectivity index (χ0v) is 10.2. The summed E-state index contributed by atoms with van der Waals surface area (Å²) in [6, 6.07) is 4.57. The highest BCUT2D eigenvalue weighted by Crippen LogP contribution is 2.30. The van der Waals surface area contributed by atoms with Crippen molar-refractivity contribution in [3.63, 3.8) is 0 Å². The van der Waals surface area contributed by atoms with Gasteiger partial charge >= 0.3 is 6.18 Å². The molecule has 1 unspecified atom stereocenters. The van der Waals surface area contributed by atoms with Gasteiger partial charge in [0.05, 0.1) is 12.2 Å². The van der Waals surface area contributed by atoms with E-state index in [-0.39, 0.29) is 12.5 Å². The summed E-state index contributed by atoms with van der Waals surface area (Å²) < 4.78 is 42.3. The molecular formula is C13H17F3O2. The molecule has 1 aromatic carbocycles. The van der Waals surface area contributed by atoms with Crippen molar-refractivity contribution in [1.29, 1.82) is 0 Å². The molecule has 0 aliphatic rings. The fourth-order valence-corrected chi connectivity index (χ4v) is 1.59. The van der Waals surface area contributed by atoms with E-state index >= 15 is 0 Å². The zero-order valence-electron chi connectivity index (χ0n) is 10.2. The largest absolute Gasteiger partial charge is 0.493 e. The molecule has 0 aliphatic heterocycles. The molecule has 2 nitrogen and oxygen atoms in total. The number of hydrogen-bond donors (Lipinski definition) is 1. The second-order valence-corrected chi connectivity index (χ2v) is 4.17.